The van der Waals surface area contributed by atoms with Crippen LogP contribution in [0, 0.1) is 0 Å². The minimum absolute atomic E-state index is 0.0167. The van der Waals surface area contributed by atoms with Crippen LogP contribution < -0.4 is 0 Å². The first kappa shape index (κ1) is 18.5. The Labute approximate surface area is 169 Å². The Kier molecular flexibility index (Phi) is 4.94. The highest BCUT2D eigenvalue weighted by molar-refractivity contribution is 6.11. The van der Waals surface area contributed by atoms with Crippen molar-refractivity contribution in [2.24, 2.45) is 0 Å². The van der Waals surface area contributed by atoms with Crippen molar-refractivity contribution in [2.75, 3.05) is 32.8 Å². The summed E-state index contributed by atoms with van der Waals surface area (Å²) in [5.74, 6) is -0.169. The van der Waals surface area contributed by atoms with E-state index in [1.807, 2.05) is 6.07 Å². The lowest BCUT2D eigenvalue weighted by Crippen LogP contribution is -2.37. The van der Waals surface area contributed by atoms with Crippen LogP contribution in [0.15, 0.2) is 41.0 Å². The summed E-state index contributed by atoms with van der Waals surface area (Å²) in [6.07, 6.45) is 3.83. The summed E-state index contributed by atoms with van der Waals surface area (Å²) in [5, 5.41) is 3.31. The minimum atomic E-state index is -0.236. The third-order valence-corrected chi connectivity index (χ3v) is 6.32. The van der Waals surface area contributed by atoms with Gasteiger partial charge in [-0.15, -0.1) is 0 Å². The number of furan rings is 1. The summed E-state index contributed by atoms with van der Waals surface area (Å²) < 4.78 is 11.2. The monoisotopic (exact) mass is 391 g/mol. The van der Waals surface area contributed by atoms with E-state index >= 15 is 0 Å². The second-order valence-electron chi connectivity index (χ2n) is 8.16. The average molecular weight is 391 g/mol. The fourth-order valence-electron chi connectivity index (χ4n) is 4.67. The number of ether oxygens (including phenoxy) is 1. The quantitative estimate of drug-likeness (QED) is 0.632. The Hall–Kier alpha value is -2.50. The normalized spacial score (nSPS) is 21.3. The Morgan fingerprint density at radius 3 is 2.76 bits per heavy atom. The van der Waals surface area contributed by atoms with Gasteiger partial charge in [0.25, 0.3) is 0 Å². The van der Waals surface area contributed by atoms with E-state index in [4.69, 9.17) is 9.15 Å². The summed E-state index contributed by atoms with van der Waals surface area (Å²) >= 11 is 0. The van der Waals surface area contributed by atoms with Crippen molar-refractivity contribution in [2.45, 2.75) is 31.6 Å². The average Bonchev–Trinajstić information content (AvgIpc) is 3.17. The van der Waals surface area contributed by atoms with Gasteiger partial charge in [-0.05, 0) is 35.2 Å². The molecule has 1 aliphatic carbocycles. The molecule has 1 aliphatic heterocycles. The topological polar surface area (TPSA) is 59.8 Å². The zero-order valence-corrected chi connectivity index (χ0v) is 16.5. The standard InChI is InChI=1S/C24H25NO4/c26-18-3-5-20(22(27)14-18)21-15-29-23-6-2-17-13-16(1-4-19(17)24(21)23)7-8-25-9-11-28-12-10-25/h1-2,4,6,13,15,20H,3,5,7-12,14H2/t20-/m0/s1. The van der Waals surface area contributed by atoms with Crippen LogP contribution in [0.4, 0.5) is 0 Å². The molecular weight excluding hydrogens is 366 g/mol. The highest BCUT2D eigenvalue weighted by Crippen LogP contribution is 2.38. The highest BCUT2D eigenvalue weighted by atomic mass is 16.5. The van der Waals surface area contributed by atoms with E-state index in [1.54, 1.807) is 6.26 Å². The lowest BCUT2D eigenvalue weighted by Gasteiger charge is -2.26. The number of rotatable bonds is 4. The van der Waals surface area contributed by atoms with Crippen LogP contribution in [0.3, 0.4) is 0 Å². The predicted octanol–water partition coefficient (Wildman–Crippen LogP) is 3.87. The summed E-state index contributed by atoms with van der Waals surface area (Å²) in [5.41, 5.74) is 3.05. The lowest BCUT2D eigenvalue weighted by atomic mass is 9.81. The first-order valence-corrected chi connectivity index (χ1v) is 10.5. The molecule has 1 atom stereocenters. The number of fused-ring (bicyclic) bond motifs is 3. The van der Waals surface area contributed by atoms with Gasteiger partial charge in [0.2, 0.25) is 0 Å². The summed E-state index contributed by atoms with van der Waals surface area (Å²) in [6, 6.07) is 10.7. The second kappa shape index (κ2) is 7.73. The molecule has 0 spiro atoms. The van der Waals surface area contributed by atoms with Crippen molar-refractivity contribution < 1.29 is 18.7 Å². The van der Waals surface area contributed by atoms with Gasteiger partial charge in [-0.2, -0.15) is 0 Å². The lowest BCUT2D eigenvalue weighted by molar-refractivity contribution is -0.130. The first-order chi connectivity index (χ1) is 14.2. The van der Waals surface area contributed by atoms with Crippen LogP contribution in [0.2, 0.25) is 0 Å². The van der Waals surface area contributed by atoms with Crippen LogP contribution >= 0.6 is 0 Å². The van der Waals surface area contributed by atoms with E-state index < -0.39 is 0 Å². The molecule has 2 fully saturated rings. The molecule has 1 aromatic heterocycles. The van der Waals surface area contributed by atoms with Gasteiger partial charge in [-0.25, -0.2) is 0 Å². The molecule has 1 saturated heterocycles. The Bertz CT molecular complexity index is 1080. The van der Waals surface area contributed by atoms with Crippen molar-refractivity contribution >= 4 is 33.3 Å². The molecule has 0 bridgehead atoms. The zero-order valence-electron chi connectivity index (χ0n) is 16.5. The minimum Gasteiger partial charge on any atom is -0.464 e. The van der Waals surface area contributed by atoms with E-state index in [0.29, 0.717) is 12.8 Å². The SMILES string of the molecule is O=C1CC[C@@H](c2coc3ccc4cc(CCN5CCOCC5)ccc4c23)C(=O)C1. The van der Waals surface area contributed by atoms with Crippen molar-refractivity contribution in [3.05, 3.63) is 47.7 Å². The molecule has 3 aromatic rings. The van der Waals surface area contributed by atoms with Gasteiger partial charge in [0.15, 0.2) is 0 Å². The molecule has 5 heteroatoms. The molecule has 2 aliphatic rings. The molecule has 5 rings (SSSR count). The molecule has 2 aromatic carbocycles. The van der Waals surface area contributed by atoms with Gasteiger partial charge in [-0.1, -0.05) is 24.3 Å². The van der Waals surface area contributed by atoms with Crippen LogP contribution in [0.1, 0.15) is 36.3 Å². The van der Waals surface area contributed by atoms with E-state index in [9.17, 15) is 9.59 Å². The largest absolute Gasteiger partial charge is 0.464 e. The third kappa shape index (κ3) is 3.61. The summed E-state index contributed by atoms with van der Waals surface area (Å²) in [4.78, 5) is 26.6. The van der Waals surface area contributed by atoms with Crippen molar-refractivity contribution in [1.29, 1.82) is 0 Å². The van der Waals surface area contributed by atoms with Gasteiger partial charge in [0.1, 0.15) is 17.1 Å². The summed E-state index contributed by atoms with van der Waals surface area (Å²) in [7, 11) is 0. The number of hydrogen-bond acceptors (Lipinski definition) is 5. The summed E-state index contributed by atoms with van der Waals surface area (Å²) in [6.45, 7) is 4.70. The molecule has 5 nitrogen and oxygen atoms in total. The maximum atomic E-state index is 12.5. The van der Waals surface area contributed by atoms with Crippen LogP contribution in [-0.2, 0) is 20.7 Å². The van der Waals surface area contributed by atoms with E-state index in [2.05, 4.69) is 29.2 Å². The maximum Gasteiger partial charge on any atom is 0.147 e. The van der Waals surface area contributed by atoms with Gasteiger partial charge in [-0.3, -0.25) is 14.5 Å². The van der Waals surface area contributed by atoms with Crippen molar-refractivity contribution in [3.8, 4) is 0 Å². The number of carbonyl (C=O) groups is 2. The van der Waals surface area contributed by atoms with E-state index in [-0.39, 0.29) is 23.9 Å². The molecule has 1 saturated carbocycles. The number of Topliss-reactive ketones (excluding diaryl/α,β-unsaturated/α-hetero) is 2. The molecule has 0 amide bonds. The molecule has 2 heterocycles. The van der Waals surface area contributed by atoms with Gasteiger partial charge < -0.3 is 9.15 Å². The molecule has 0 radical (unpaired) electrons. The fourth-order valence-corrected chi connectivity index (χ4v) is 4.67. The second-order valence-corrected chi connectivity index (χ2v) is 8.16. The molecule has 29 heavy (non-hydrogen) atoms. The fraction of sp³-hybridized carbons (Fsp3) is 0.417. The van der Waals surface area contributed by atoms with Crippen molar-refractivity contribution in [3.63, 3.8) is 0 Å². The van der Waals surface area contributed by atoms with Crippen LogP contribution in [0.5, 0.6) is 0 Å². The Morgan fingerprint density at radius 2 is 1.93 bits per heavy atom. The van der Waals surface area contributed by atoms with Gasteiger partial charge in [0, 0.05) is 42.9 Å². The van der Waals surface area contributed by atoms with E-state index in [0.717, 1.165) is 61.2 Å². The number of hydrogen-bond donors (Lipinski definition) is 0. The number of morpholine rings is 1. The van der Waals surface area contributed by atoms with Crippen LogP contribution in [0.25, 0.3) is 21.7 Å². The van der Waals surface area contributed by atoms with Crippen LogP contribution in [-0.4, -0.2) is 49.3 Å². The van der Waals surface area contributed by atoms with Gasteiger partial charge in [0.05, 0.1) is 25.9 Å². The maximum absolute atomic E-state index is 12.5. The first-order valence-electron chi connectivity index (χ1n) is 10.5. The molecule has 0 unspecified atom stereocenters. The predicted molar refractivity (Wildman–Crippen MR) is 111 cm³/mol. The molecular formula is C24H25NO4. The van der Waals surface area contributed by atoms with Crippen molar-refractivity contribution in [1.82, 2.24) is 4.90 Å². The van der Waals surface area contributed by atoms with Gasteiger partial charge >= 0.3 is 0 Å². The molecule has 150 valence electrons. The number of ketones is 2. The third-order valence-electron chi connectivity index (χ3n) is 6.32. The Balaban J connectivity index is 1.45. The Morgan fingerprint density at radius 1 is 1.07 bits per heavy atom. The number of benzene rings is 2. The zero-order chi connectivity index (χ0) is 19.8. The number of carbonyl (C=O) groups excluding carboxylic acids is 2. The molecule has 0 N–H and O–H groups in total. The number of nitrogens with zero attached hydrogens (tertiary/aromatic N) is 1. The van der Waals surface area contributed by atoms with E-state index in [1.165, 1.54) is 10.9 Å². The smallest absolute Gasteiger partial charge is 0.147 e. The highest BCUT2D eigenvalue weighted by Gasteiger charge is 2.31.